The summed E-state index contributed by atoms with van der Waals surface area (Å²) in [6.45, 7) is 6.22. The maximum Gasteiger partial charge on any atom is 0.325 e. The van der Waals surface area contributed by atoms with Crippen molar-refractivity contribution in [2.75, 3.05) is 11.4 Å². The zero-order valence-corrected chi connectivity index (χ0v) is 16.2. The Balaban J connectivity index is 1.78. The number of carbonyl (C=O) groups excluding carboxylic acids is 2. The normalized spacial score (nSPS) is 16.3. The Morgan fingerprint density at radius 3 is 2.57 bits per heavy atom. The minimum absolute atomic E-state index is 0.161. The van der Waals surface area contributed by atoms with Crippen molar-refractivity contribution in [2.24, 2.45) is 5.92 Å². The highest BCUT2D eigenvalue weighted by Crippen LogP contribution is 2.27. The quantitative estimate of drug-likeness (QED) is 0.696. The van der Waals surface area contributed by atoms with E-state index >= 15 is 0 Å². The van der Waals surface area contributed by atoms with Crippen molar-refractivity contribution in [3.05, 3.63) is 24.3 Å². The van der Waals surface area contributed by atoms with Gasteiger partial charge in [-0.15, -0.1) is 0 Å². The second-order valence-corrected chi connectivity index (χ2v) is 7.09. The van der Waals surface area contributed by atoms with E-state index in [0.717, 1.165) is 11.0 Å². The van der Waals surface area contributed by atoms with Gasteiger partial charge in [-0.1, -0.05) is 32.4 Å². The van der Waals surface area contributed by atoms with E-state index in [2.05, 4.69) is 15.6 Å². The molecule has 150 valence electrons. The fraction of sp³-hybridized carbons (Fsp3) is 0.474. The molecule has 3 amide bonds. The second-order valence-electron chi connectivity index (χ2n) is 7.09. The van der Waals surface area contributed by atoms with Crippen LogP contribution in [0.25, 0.3) is 11.0 Å². The van der Waals surface area contributed by atoms with Gasteiger partial charge in [-0.3, -0.25) is 14.5 Å². The van der Waals surface area contributed by atoms with Gasteiger partial charge in [-0.2, -0.15) is 0 Å². The molecule has 0 fully saturated rings. The van der Waals surface area contributed by atoms with Gasteiger partial charge in [0.1, 0.15) is 12.1 Å². The van der Waals surface area contributed by atoms with E-state index in [1.807, 2.05) is 42.7 Å². The summed E-state index contributed by atoms with van der Waals surface area (Å²) < 4.78 is 1.97. The van der Waals surface area contributed by atoms with E-state index in [-0.39, 0.29) is 5.92 Å². The molecule has 2 heterocycles. The number of carbonyl (C=O) groups is 3. The van der Waals surface area contributed by atoms with Crippen molar-refractivity contribution in [2.45, 2.75) is 45.8 Å². The molecule has 1 aliphatic rings. The number of hydrogen-bond donors (Lipinski definition) is 3. The van der Waals surface area contributed by atoms with Gasteiger partial charge in [-0.05, 0) is 25.0 Å². The van der Waals surface area contributed by atoms with Crippen LogP contribution in [0, 0.1) is 5.92 Å². The number of amides is 3. The van der Waals surface area contributed by atoms with E-state index in [9.17, 15) is 14.4 Å². The molecule has 3 atom stereocenters. The fourth-order valence-corrected chi connectivity index (χ4v) is 3.26. The lowest BCUT2D eigenvalue weighted by Gasteiger charge is -2.26. The topological polar surface area (TPSA) is 117 Å². The lowest BCUT2D eigenvalue weighted by Crippen LogP contribution is -2.56. The monoisotopic (exact) mass is 387 g/mol. The predicted octanol–water partition coefficient (Wildman–Crippen LogP) is 1.57. The summed E-state index contributed by atoms with van der Waals surface area (Å²) in [6, 6.07) is 5.37. The van der Waals surface area contributed by atoms with Crippen molar-refractivity contribution in [1.82, 2.24) is 20.2 Å². The SMILES string of the molecule is CC[C@H](C)[C@H](NC(=O)N1CCn2c1nc1ccccc12)C(=O)N[C@H](C)C(=O)O. The van der Waals surface area contributed by atoms with Crippen LogP contribution in [0.1, 0.15) is 27.2 Å². The van der Waals surface area contributed by atoms with Gasteiger partial charge in [0.2, 0.25) is 11.9 Å². The average molecular weight is 387 g/mol. The van der Waals surface area contributed by atoms with Crippen LogP contribution in [0.15, 0.2) is 24.3 Å². The van der Waals surface area contributed by atoms with Gasteiger partial charge in [0.15, 0.2) is 0 Å². The molecule has 0 saturated carbocycles. The van der Waals surface area contributed by atoms with Crippen LogP contribution in [-0.4, -0.2) is 51.2 Å². The highest BCUT2D eigenvalue weighted by molar-refractivity contribution is 5.97. The number of hydrogen-bond acceptors (Lipinski definition) is 4. The molecular formula is C19H25N5O4. The maximum atomic E-state index is 12.9. The number of carboxylic acid groups (broad SMARTS) is 1. The zero-order chi connectivity index (χ0) is 20.4. The molecule has 9 heteroatoms. The number of aliphatic carboxylic acids is 1. The van der Waals surface area contributed by atoms with Crippen molar-refractivity contribution >= 4 is 34.9 Å². The first kappa shape index (κ1) is 19.7. The lowest BCUT2D eigenvalue weighted by atomic mass is 9.98. The Bertz CT molecular complexity index is 909. The molecule has 0 unspecified atom stereocenters. The number of benzene rings is 1. The van der Waals surface area contributed by atoms with Crippen molar-refractivity contribution in [3.63, 3.8) is 0 Å². The van der Waals surface area contributed by atoms with Crippen LogP contribution in [0.5, 0.6) is 0 Å². The van der Waals surface area contributed by atoms with Crippen LogP contribution < -0.4 is 15.5 Å². The molecule has 1 aromatic heterocycles. The van der Waals surface area contributed by atoms with E-state index in [4.69, 9.17) is 5.11 Å². The number of urea groups is 1. The summed E-state index contributed by atoms with van der Waals surface area (Å²) in [5.41, 5.74) is 1.76. The van der Waals surface area contributed by atoms with Crippen LogP contribution >= 0.6 is 0 Å². The molecule has 0 spiro atoms. The van der Waals surface area contributed by atoms with Crippen LogP contribution in [0.2, 0.25) is 0 Å². The van der Waals surface area contributed by atoms with Crippen molar-refractivity contribution < 1.29 is 19.5 Å². The molecule has 3 rings (SSSR count). The highest BCUT2D eigenvalue weighted by atomic mass is 16.4. The third-order valence-electron chi connectivity index (χ3n) is 5.17. The molecule has 2 aromatic rings. The number of aromatic nitrogens is 2. The number of nitrogens with one attached hydrogen (secondary N) is 2. The van der Waals surface area contributed by atoms with Gasteiger partial charge >= 0.3 is 12.0 Å². The maximum absolute atomic E-state index is 12.9. The molecule has 1 aliphatic heterocycles. The molecule has 0 aliphatic carbocycles. The second kappa shape index (κ2) is 7.87. The Kier molecular flexibility index (Phi) is 5.53. The van der Waals surface area contributed by atoms with Crippen LogP contribution in [0.3, 0.4) is 0 Å². The molecule has 3 N–H and O–H groups in total. The number of imidazole rings is 1. The number of anilines is 1. The first-order chi connectivity index (χ1) is 13.3. The van der Waals surface area contributed by atoms with E-state index in [1.165, 1.54) is 11.8 Å². The first-order valence-electron chi connectivity index (χ1n) is 9.40. The largest absolute Gasteiger partial charge is 0.480 e. The summed E-state index contributed by atoms with van der Waals surface area (Å²) in [6.07, 6.45) is 0.651. The van der Waals surface area contributed by atoms with Crippen LogP contribution in [0.4, 0.5) is 10.7 Å². The third kappa shape index (κ3) is 3.64. The molecule has 28 heavy (non-hydrogen) atoms. The van der Waals surface area contributed by atoms with Gasteiger partial charge in [0.05, 0.1) is 11.0 Å². The highest BCUT2D eigenvalue weighted by Gasteiger charge is 2.33. The standard InChI is InChI=1S/C19H25N5O4/c1-4-11(2)15(16(25)20-12(3)17(26)27)22-19(28)24-10-9-23-14-8-6-5-7-13(14)21-18(23)24/h5-8,11-12,15H,4,9-10H2,1-3H3,(H,20,25)(H,22,28)(H,26,27)/t11-,12+,15-/m0/s1. The molecule has 0 radical (unpaired) electrons. The van der Waals surface area contributed by atoms with E-state index in [1.54, 1.807) is 0 Å². The van der Waals surface area contributed by atoms with Crippen molar-refractivity contribution in [3.8, 4) is 0 Å². The number of carboxylic acids is 1. The minimum Gasteiger partial charge on any atom is -0.480 e. The number of para-hydroxylation sites is 2. The smallest absolute Gasteiger partial charge is 0.325 e. The lowest BCUT2D eigenvalue weighted by molar-refractivity contribution is -0.141. The fourth-order valence-electron chi connectivity index (χ4n) is 3.26. The van der Waals surface area contributed by atoms with Crippen molar-refractivity contribution in [1.29, 1.82) is 0 Å². The number of rotatable bonds is 6. The number of fused-ring (bicyclic) bond motifs is 3. The van der Waals surface area contributed by atoms with Gasteiger partial charge < -0.3 is 20.3 Å². The molecule has 0 bridgehead atoms. The third-order valence-corrected chi connectivity index (χ3v) is 5.17. The molecular weight excluding hydrogens is 362 g/mol. The Morgan fingerprint density at radius 2 is 1.89 bits per heavy atom. The number of nitrogens with zero attached hydrogens (tertiary/aromatic N) is 3. The molecule has 9 nitrogen and oxygen atoms in total. The zero-order valence-electron chi connectivity index (χ0n) is 16.2. The first-order valence-corrected chi connectivity index (χ1v) is 9.40. The summed E-state index contributed by atoms with van der Waals surface area (Å²) in [5, 5.41) is 14.2. The summed E-state index contributed by atoms with van der Waals surface area (Å²) in [5.74, 6) is -1.26. The van der Waals surface area contributed by atoms with Gasteiger partial charge in [-0.25, -0.2) is 9.78 Å². The van der Waals surface area contributed by atoms with E-state index in [0.29, 0.717) is 25.5 Å². The minimum atomic E-state index is -1.13. The summed E-state index contributed by atoms with van der Waals surface area (Å²) in [4.78, 5) is 42.6. The Labute approximate surface area is 162 Å². The predicted molar refractivity (Wildman–Crippen MR) is 104 cm³/mol. The molecule has 1 aromatic carbocycles. The summed E-state index contributed by atoms with van der Waals surface area (Å²) in [7, 11) is 0. The molecule has 0 saturated heterocycles. The Hall–Kier alpha value is -3.10. The Morgan fingerprint density at radius 1 is 1.18 bits per heavy atom. The van der Waals surface area contributed by atoms with Crippen LogP contribution in [-0.2, 0) is 16.1 Å². The van der Waals surface area contributed by atoms with Gasteiger partial charge in [0.25, 0.3) is 0 Å². The summed E-state index contributed by atoms with van der Waals surface area (Å²) >= 11 is 0. The average Bonchev–Trinajstić information content (AvgIpc) is 3.24. The van der Waals surface area contributed by atoms with E-state index < -0.39 is 30.0 Å². The van der Waals surface area contributed by atoms with Gasteiger partial charge in [0, 0.05) is 13.1 Å².